The van der Waals surface area contributed by atoms with Gasteiger partial charge in [0.1, 0.15) is 12.1 Å². The Kier molecular flexibility index (Phi) is 4.75. The molecule has 0 saturated carbocycles. The van der Waals surface area contributed by atoms with Crippen LogP contribution in [0.2, 0.25) is 0 Å². The molecule has 0 fully saturated rings. The highest BCUT2D eigenvalue weighted by molar-refractivity contribution is 7.13. The van der Waals surface area contributed by atoms with E-state index in [0.29, 0.717) is 24.3 Å². The Morgan fingerprint density at radius 1 is 1.21 bits per heavy atom. The molecule has 126 valence electrons. The summed E-state index contributed by atoms with van der Waals surface area (Å²) < 4.78 is 5.52. The van der Waals surface area contributed by atoms with Crippen LogP contribution in [0.4, 0.5) is 11.9 Å². The number of hydrogen-bond donors (Lipinski definition) is 1. The van der Waals surface area contributed by atoms with Gasteiger partial charge >= 0.3 is 0 Å². The van der Waals surface area contributed by atoms with Crippen molar-refractivity contribution in [1.29, 1.82) is 0 Å². The normalized spacial score (nSPS) is 11.0. The second kappa shape index (κ2) is 6.96. The van der Waals surface area contributed by atoms with Crippen molar-refractivity contribution >= 4 is 23.2 Å². The van der Waals surface area contributed by atoms with Gasteiger partial charge in [-0.1, -0.05) is 19.9 Å². The van der Waals surface area contributed by atoms with Crippen LogP contribution >= 0.6 is 11.3 Å². The first-order valence-electron chi connectivity index (χ1n) is 7.68. The summed E-state index contributed by atoms with van der Waals surface area (Å²) in [5.74, 6) is 2.79. The molecule has 3 aromatic heterocycles. The summed E-state index contributed by atoms with van der Waals surface area (Å²) in [5, 5.41) is 5.20. The van der Waals surface area contributed by atoms with Gasteiger partial charge in [-0.25, -0.2) is 4.98 Å². The smallest absolute Gasteiger partial charge is 0.236 e. The fourth-order valence-corrected chi connectivity index (χ4v) is 2.64. The summed E-state index contributed by atoms with van der Waals surface area (Å²) in [6, 6.07) is 3.96. The summed E-state index contributed by atoms with van der Waals surface area (Å²) >= 11 is 1.60. The van der Waals surface area contributed by atoms with Gasteiger partial charge < -0.3 is 14.6 Å². The lowest BCUT2D eigenvalue weighted by Gasteiger charge is -2.14. The molecular formula is C16H20N6OS. The Hall–Kier alpha value is -2.48. The van der Waals surface area contributed by atoms with Gasteiger partial charge in [-0.05, 0) is 11.4 Å². The van der Waals surface area contributed by atoms with Crippen LogP contribution in [0.5, 0.6) is 0 Å². The topological polar surface area (TPSA) is 80.0 Å². The summed E-state index contributed by atoms with van der Waals surface area (Å²) in [7, 11) is 3.82. The minimum Gasteiger partial charge on any atom is -0.443 e. The van der Waals surface area contributed by atoms with Gasteiger partial charge in [0.2, 0.25) is 17.8 Å². The fourth-order valence-electron chi connectivity index (χ4n) is 1.99. The summed E-state index contributed by atoms with van der Waals surface area (Å²) in [6.07, 6.45) is 1.65. The van der Waals surface area contributed by atoms with Crippen LogP contribution in [0.15, 0.2) is 28.2 Å². The zero-order valence-electron chi connectivity index (χ0n) is 14.1. The summed E-state index contributed by atoms with van der Waals surface area (Å²) in [5.41, 5.74) is 0.802. The number of hydrogen-bond acceptors (Lipinski definition) is 8. The Balaban J connectivity index is 1.74. The lowest BCUT2D eigenvalue weighted by atomic mass is 10.2. The highest BCUT2D eigenvalue weighted by Crippen LogP contribution is 2.24. The largest absolute Gasteiger partial charge is 0.443 e. The average Bonchev–Trinajstić information content (AvgIpc) is 3.23. The molecule has 0 bridgehead atoms. The van der Waals surface area contributed by atoms with E-state index in [4.69, 9.17) is 4.42 Å². The van der Waals surface area contributed by atoms with E-state index in [1.165, 1.54) is 0 Å². The fraction of sp³-hybridized carbons (Fsp3) is 0.375. The molecule has 0 aliphatic rings. The maximum atomic E-state index is 5.52. The first kappa shape index (κ1) is 16.4. The van der Waals surface area contributed by atoms with Crippen LogP contribution in [0.1, 0.15) is 31.3 Å². The van der Waals surface area contributed by atoms with Crippen molar-refractivity contribution < 1.29 is 4.42 Å². The van der Waals surface area contributed by atoms with Crippen LogP contribution < -0.4 is 10.2 Å². The first-order valence-corrected chi connectivity index (χ1v) is 8.56. The van der Waals surface area contributed by atoms with E-state index in [-0.39, 0.29) is 5.92 Å². The van der Waals surface area contributed by atoms with Gasteiger partial charge in [0.15, 0.2) is 0 Å². The molecule has 0 spiro atoms. The van der Waals surface area contributed by atoms with Crippen LogP contribution in [0.3, 0.4) is 0 Å². The van der Waals surface area contributed by atoms with Gasteiger partial charge in [0.25, 0.3) is 0 Å². The van der Waals surface area contributed by atoms with Crippen molar-refractivity contribution in [2.24, 2.45) is 0 Å². The molecule has 7 nitrogen and oxygen atoms in total. The van der Waals surface area contributed by atoms with E-state index < -0.39 is 0 Å². The molecule has 0 amide bonds. The summed E-state index contributed by atoms with van der Waals surface area (Å²) in [4.78, 5) is 20.7. The van der Waals surface area contributed by atoms with E-state index in [9.17, 15) is 0 Å². The number of thiophene rings is 1. The molecule has 0 aliphatic carbocycles. The van der Waals surface area contributed by atoms with Gasteiger partial charge in [-0.2, -0.15) is 15.0 Å². The van der Waals surface area contributed by atoms with Crippen LogP contribution in [-0.4, -0.2) is 34.0 Å². The Morgan fingerprint density at radius 2 is 2.04 bits per heavy atom. The van der Waals surface area contributed by atoms with Crippen LogP contribution in [-0.2, 0) is 6.54 Å². The van der Waals surface area contributed by atoms with Gasteiger partial charge in [-0.15, -0.1) is 11.3 Å². The molecule has 0 atom stereocenters. The van der Waals surface area contributed by atoms with Crippen molar-refractivity contribution in [3.63, 3.8) is 0 Å². The number of oxazole rings is 1. The molecule has 3 heterocycles. The van der Waals surface area contributed by atoms with Crippen molar-refractivity contribution in [1.82, 2.24) is 19.9 Å². The quantitative estimate of drug-likeness (QED) is 0.734. The Morgan fingerprint density at radius 3 is 2.71 bits per heavy atom. The molecule has 1 N–H and O–H groups in total. The SMILES string of the molecule is CC(C)c1nc(NCc2coc(-c3cccs3)n2)nc(N(C)C)n1. The molecule has 3 aromatic rings. The zero-order valence-corrected chi connectivity index (χ0v) is 15.0. The molecule has 24 heavy (non-hydrogen) atoms. The van der Waals surface area contributed by atoms with Crippen LogP contribution in [0, 0.1) is 0 Å². The molecule has 3 rings (SSSR count). The maximum absolute atomic E-state index is 5.52. The van der Waals surface area contributed by atoms with E-state index in [1.54, 1.807) is 17.6 Å². The lowest BCUT2D eigenvalue weighted by Crippen LogP contribution is -2.17. The highest BCUT2D eigenvalue weighted by atomic mass is 32.1. The number of anilines is 2. The Bertz CT molecular complexity index is 771. The van der Waals surface area contributed by atoms with Gasteiger partial charge in [0.05, 0.1) is 17.1 Å². The van der Waals surface area contributed by atoms with E-state index in [0.717, 1.165) is 16.4 Å². The zero-order chi connectivity index (χ0) is 17.1. The number of nitrogens with zero attached hydrogens (tertiary/aromatic N) is 5. The number of aromatic nitrogens is 4. The first-order chi connectivity index (χ1) is 11.5. The highest BCUT2D eigenvalue weighted by Gasteiger charge is 2.12. The van der Waals surface area contributed by atoms with E-state index in [1.807, 2.05) is 36.5 Å². The molecule has 0 aromatic carbocycles. The van der Waals surface area contributed by atoms with Crippen LogP contribution in [0.25, 0.3) is 10.8 Å². The molecule has 0 unspecified atom stereocenters. The van der Waals surface area contributed by atoms with Gasteiger partial charge in [0, 0.05) is 20.0 Å². The third-order valence-electron chi connectivity index (χ3n) is 3.27. The molecule has 0 aliphatic heterocycles. The predicted octanol–water partition coefficient (Wildman–Crippen LogP) is 3.39. The minimum absolute atomic E-state index is 0.227. The van der Waals surface area contributed by atoms with Crippen molar-refractivity contribution in [3.8, 4) is 10.8 Å². The van der Waals surface area contributed by atoms with Crippen molar-refractivity contribution in [2.45, 2.75) is 26.3 Å². The van der Waals surface area contributed by atoms with E-state index in [2.05, 4.69) is 39.1 Å². The average molecular weight is 344 g/mol. The third-order valence-corrected chi connectivity index (χ3v) is 4.13. The maximum Gasteiger partial charge on any atom is 0.236 e. The lowest BCUT2D eigenvalue weighted by molar-refractivity contribution is 0.574. The molecule has 0 radical (unpaired) electrons. The molecular weight excluding hydrogens is 324 g/mol. The molecule has 0 saturated heterocycles. The number of nitrogens with one attached hydrogen (secondary N) is 1. The second-order valence-electron chi connectivity index (χ2n) is 5.84. The third kappa shape index (κ3) is 3.70. The van der Waals surface area contributed by atoms with E-state index >= 15 is 0 Å². The monoisotopic (exact) mass is 344 g/mol. The molecule has 8 heteroatoms. The number of rotatable bonds is 6. The van der Waals surface area contributed by atoms with Crippen molar-refractivity contribution in [3.05, 3.63) is 35.3 Å². The minimum atomic E-state index is 0.227. The predicted molar refractivity (Wildman–Crippen MR) is 95.4 cm³/mol. The standard InChI is InChI=1S/C16H20N6OS/c1-10(2)13-19-15(21-16(20-13)22(3)4)17-8-11-9-23-14(18-11)12-6-5-7-24-12/h5-7,9-10H,8H2,1-4H3,(H,17,19,20,21). The second-order valence-corrected chi connectivity index (χ2v) is 6.79. The Labute approximate surface area is 144 Å². The van der Waals surface area contributed by atoms with Gasteiger partial charge in [-0.3, -0.25) is 0 Å². The van der Waals surface area contributed by atoms with Crippen molar-refractivity contribution in [2.75, 3.05) is 24.3 Å². The summed E-state index contributed by atoms with van der Waals surface area (Å²) in [6.45, 7) is 4.61.